The minimum absolute atomic E-state index is 0.440. The molecule has 18 heavy (non-hydrogen) atoms. The largest absolute Gasteiger partial charge is 0.389 e. The van der Waals surface area contributed by atoms with Gasteiger partial charge in [-0.2, -0.15) is 5.26 Å². The van der Waals surface area contributed by atoms with Crippen molar-refractivity contribution < 1.29 is 5.11 Å². The van der Waals surface area contributed by atoms with E-state index in [9.17, 15) is 5.11 Å². The zero-order valence-corrected chi connectivity index (χ0v) is 12.2. The first-order chi connectivity index (χ1) is 8.41. The van der Waals surface area contributed by atoms with Crippen molar-refractivity contribution in [3.8, 4) is 6.07 Å². The summed E-state index contributed by atoms with van der Waals surface area (Å²) < 4.78 is 0. The molecule has 0 aliphatic carbocycles. The summed E-state index contributed by atoms with van der Waals surface area (Å²) in [7, 11) is 0. The first-order valence-electron chi connectivity index (χ1n) is 6.98. The Balaban J connectivity index is 2.72. The number of hydrogen-bond acceptors (Lipinski definition) is 4. The molecule has 1 heterocycles. The Bertz CT molecular complexity index is 292. The van der Waals surface area contributed by atoms with Crippen molar-refractivity contribution in [2.75, 3.05) is 26.2 Å². The van der Waals surface area contributed by atoms with Crippen LogP contribution in [-0.4, -0.2) is 58.8 Å². The van der Waals surface area contributed by atoms with Crippen molar-refractivity contribution in [3.05, 3.63) is 0 Å². The second-order valence-corrected chi connectivity index (χ2v) is 5.95. The van der Waals surface area contributed by atoms with Crippen LogP contribution in [0, 0.1) is 11.3 Å². The van der Waals surface area contributed by atoms with Gasteiger partial charge < -0.3 is 5.11 Å². The van der Waals surface area contributed by atoms with Crippen LogP contribution in [0.25, 0.3) is 0 Å². The standard InChI is InChI=1S/C14H27N3O/c1-5-12-10-17(11-14(3,4)18)13(6-2)9-16(12)8-7-15/h12-13,18H,5-6,8-11H2,1-4H3/t12-,13+/m0/s1. The zero-order valence-electron chi connectivity index (χ0n) is 12.2. The lowest BCUT2D eigenvalue weighted by atomic mass is 9.99. The Morgan fingerprint density at radius 1 is 1.17 bits per heavy atom. The van der Waals surface area contributed by atoms with Crippen molar-refractivity contribution in [3.63, 3.8) is 0 Å². The Kier molecular flexibility index (Phi) is 5.58. The Morgan fingerprint density at radius 2 is 1.67 bits per heavy atom. The molecule has 1 N–H and O–H groups in total. The number of nitriles is 1. The molecule has 0 spiro atoms. The fraction of sp³-hybridized carbons (Fsp3) is 0.929. The highest BCUT2D eigenvalue weighted by atomic mass is 16.3. The minimum Gasteiger partial charge on any atom is -0.389 e. The lowest BCUT2D eigenvalue weighted by Crippen LogP contribution is -2.60. The predicted octanol–water partition coefficient (Wildman–Crippen LogP) is 1.46. The minimum atomic E-state index is -0.650. The van der Waals surface area contributed by atoms with Crippen LogP contribution in [-0.2, 0) is 0 Å². The molecule has 0 aromatic rings. The molecular formula is C14H27N3O. The molecule has 0 radical (unpaired) electrons. The monoisotopic (exact) mass is 253 g/mol. The van der Waals surface area contributed by atoms with Gasteiger partial charge in [-0.25, -0.2) is 0 Å². The van der Waals surface area contributed by atoms with Gasteiger partial charge in [-0.15, -0.1) is 0 Å². The van der Waals surface area contributed by atoms with E-state index in [1.807, 2.05) is 13.8 Å². The van der Waals surface area contributed by atoms with E-state index in [4.69, 9.17) is 5.26 Å². The summed E-state index contributed by atoms with van der Waals surface area (Å²) in [5, 5.41) is 18.9. The third-order valence-electron chi connectivity index (χ3n) is 3.73. The molecule has 0 bridgehead atoms. The van der Waals surface area contributed by atoms with Crippen LogP contribution in [0.15, 0.2) is 0 Å². The number of hydrogen-bond donors (Lipinski definition) is 1. The van der Waals surface area contributed by atoms with E-state index < -0.39 is 5.60 Å². The van der Waals surface area contributed by atoms with Gasteiger partial charge in [-0.05, 0) is 26.7 Å². The Labute approximate surface area is 111 Å². The van der Waals surface area contributed by atoms with Crippen molar-refractivity contribution in [1.82, 2.24) is 9.80 Å². The summed E-state index contributed by atoms with van der Waals surface area (Å²) in [6, 6.07) is 3.16. The molecule has 1 rings (SSSR count). The highest BCUT2D eigenvalue weighted by molar-refractivity contribution is 4.93. The number of aliphatic hydroxyl groups is 1. The lowest BCUT2D eigenvalue weighted by molar-refractivity contribution is -0.0263. The maximum Gasteiger partial charge on any atom is 0.0869 e. The van der Waals surface area contributed by atoms with Crippen molar-refractivity contribution in [1.29, 1.82) is 5.26 Å². The molecule has 0 unspecified atom stereocenters. The summed E-state index contributed by atoms with van der Waals surface area (Å²) in [4.78, 5) is 4.68. The summed E-state index contributed by atoms with van der Waals surface area (Å²) >= 11 is 0. The SMILES string of the molecule is CC[C@@H]1CN(CC#N)[C@@H](CC)CN1CC(C)(C)O. The molecule has 0 saturated carbocycles. The highest BCUT2D eigenvalue weighted by Crippen LogP contribution is 2.21. The average molecular weight is 253 g/mol. The van der Waals surface area contributed by atoms with Gasteiger partial charge in [0.05, 0.1) is 18.2 Å². The first-order valence-corrected chi connectivity index (χ1v) is 6.98. The maximum atomic E-state index is 10.0. The van der Waals surface area contributed by atoms with Crippen LogP contribution < -0.4 is 0 Å². The van der Waals surface area contributed by atoms with Gasteiger partial charge in [0.2, 0.25) is 0 Å². The van der Waals surface area contributed by atoms with E-state index in [0.717, 1.165) is 25.9 Å². The third kappa shape index (κ3) is 4.24. The number of nitrogens with zero attached hydrogens (tertiary/aromatic N) is 3. The summed E-state index contributed by atoms with van der Waals surface area (Å²) in [6.07, 6.45) is 2.12. The molecule has 2 atom stereocenters. The molecule has 4 nitrogen and oxygen atoms in total. The van der Waals surface area contributed by atoms with Crippen LogP contribution in [0.4, 0.5) is 0 Å². The summed E-state index contributed by atoms with van der Waals surface area (Å²) in [6.45, 7) is 11.2. The molecular weight excluding hydrogens is 226 g/mol. The van der Waals surface area contributed by atoms with E-state index in [0.29, 0.717) is 25.2 Å². The van der Waals surface area contributed by atoms with Crippen molar-refractivity contribution >= 4 is 0 Å². The molecule has 1 aliphatic heterocycles. The third-order valence-corrected chi connectivity index (χ3v) is 3.73. The quantitative estimate of drug-likeness (QED) is 0.754. The van der Waals surface area contributed by atoms with E-state index in [1.54, 1.807) is 0 Å². The Morgan fingerprint density at radius 3 is 2.11 bits per heavy atom. The van der Waals surface area contributed by atoms with Crippen molar-refractivity contribution in [2.45, 2.75) is 58.2 Å². The molecule has 0 amide bonds. The number of β-amino-alcohol motifs (C(OH)–C–C–N with tert-alkyl or cyclic N) is 1. The smallest absolute Gasteiger partial charge is 0.0869 e. The first kappa shape index (κ1) is 15.4. The van der Waals surface area contributed by atoms with Gasteiger partial charge >= 0.3 is 0 Å². The van der Waals surface area contributed by atoms with Crippen LogP contribution >= 0.6 is 0 Å². The van der Waals surface area contributed by atoms with E-state index in [2.05, 4.69) is 29.7 Å². The lowest BCUT2D eigenvalue weighted by Gasteiger charge is -2.47. The fourth-order valence-corrected chi connectivity index (χ4v) is 2.82. The van der Waals surface area contributed by atoms with Crippen LogP contribution in [0.3, 0.4) is 0 Å². The topological polar surface area (TPSA) is 50.5 Å². The van der Waals surface area contributed by atoms with Crippen molar-refractivity contribution in [2.24, 2.45) is 0 Å². The van der Waals surface area contributed by atoms with E-state index in [-0.39, 0.29) is 0 Å². The fourth-order valence-electron chi connectivity index (χ4n) is 2.82. The number of rotatable bonds is 5. The molecule has 1 fully saturated rings. The molecule has 1 saturated heterocycles. The van der Waals surface area contributed by atoms with Gasteiger partial charge in [0.15, 0.2) is 0 Å². The van der Waals surface area contributed by atoms with Gasteiger partial charge in [-0.3, -0.25) is 9.80 Å². The van der Waals surface area contributed by atoms with E-state index in [1.165, 1.54) is 0 Å². The number of piperazine rings is 1. The second-order valence-electron chi connectivity index (χ2n) is 5.95. The van der Waals surface area contributed by atoms with Gasteiger partial charge in [0.25, 0.3) is 0 Å². The molecule has 0 aromatic heterocycles. The van der Waals surface area contributed by atoms with Gasteiger partial charge in [0, 0.05) is 31.7 Å². The molecule has 104 valence electrons. The summed E-state index contributed by atoms with van der Waals surface area (Å²) in [5.74, 6) is 0. The molecule has 0 aromatic carbocycles. The predicted molar refractivity (Wildman–Crippen MR) is 73.2 cm³/mol. The zero-order chi connectivity index (χ0) is 13.8. The van der Waals surface area contributed by atoms with Crippen LogP contribution in [0.1, 0.15) is 40.5 Å². The normalized spacial score (nSPS) is 27.1. The van der Waals surface area contributed by atoms with E-state index >= 15 is 0 Å². The Hall–Kier alpha value is -0.630. The second kappa shape index (κ2) is 6.51. The average Bonchev–Trinajstić information content (AvgIpc) is 2.28. The molecule has 4 heteroatoms. The maximum absolute atomic E-state index is 10.0. The summed E-state index contributed by atoms with van der Waals surface area (Å²) in [5.41, 5.74) is -0.650. The van der Waals surface area contributed by atoms with Gasteiger partial charge in [-0.1, -0.05) is 13.8 Å². The highest BCUT2D eigenvalue weighted by Gasteiger charge is 2.33. The van der Waals surface area contributed by atoms with Crippen LogP contribution in [0.5, 0.6) is 0 Å². The molecule has 1 aliphatic rings. The van der Waals surface area contributed by atoms with Gasteiger partial charge in [0.1, 0.15) is 0 Å². The van der Waals surface area contributed by atoms with Crippen LogP contribution in [0.2, 0.25) is 0 Å².